The van der Waals surface area contributed by atoms with E-state index in [9.17, 15) is 0 Å². The molecule has 2 aromatic rings. The van der Waals surface area contributed by atoms with Crippen molar-refractivity contribution in [3.63, 3.8) is 0 Å². The lowest BCUT2D eigenvalue weighted by Gasteiger charge is -2.09. The quantitative estimate of drug-likeness (QED) is 0.929. The highest BCUT2D eigenvalue weighted by molar-refractivity contribution is 5.31. The average molecular weight is 273 g/mol. The molecule has 6 heteroatoms. The molecule has 1 fully saturated rings. The first kappa shape index (κ1) is 14.0. The van der Waals surface area contributed by atoms with Gasteiger partial charge in [0.2, 0.25) is 0 Å². The van der Waals surface area contributed by atoms with Crippen molar-refractivity contribution in [2.45, 2.75) is 31.6 Å². The highest BCUT2D eigenvalue weighted by Crippen LogP contribution is 2.34. The zero-order valence-corrected chi connectivity index (χ0v) is 10.9. The number of H-pyrrole nitrogens is 1. The van der Waals surface area contributed by atoms with E-state index in [-0.39, 0.29) is 6.15 Å². The number of benzene rings is 1. The molecule has 0 aliphatic heterocycles. The second-order valence-corrected chi connectivity index (χ2v) is 4.54. The number of aromatic amines is 1. The zero-order valence-electron chi connectivity index (χ0n) is 10.9. The Bertz CT molecular complexity index is 540. The maximum atomic E-state index is 8.12. The molecule has 1 N–H and O–H groups in total. The molecule has 0 radical (unpaired) electrons. The van der Waals surface area contributed by atoms with E-state index in [1.54, 1.807) is 6.20 Å². The van der Waals surface area contributed by atoms with Gasteiger partial charge in [0.15, 0.2) is 0 Å². The third-order valence-corrected chi connectivity index (χ3v) is 3.32. The van der Waals surface area contributed by atoms with Crippen molar-refractivity contribution in [2.24, 2.45) is 0 Å². The van der Waals surface area contributed by atoms with Crippen LogP contribution in [0.15, 0.2) is 30.5 Å². The topological polar surface area (TPSA) is 84.9 Å². The Hall–Kier alpha value is -2.46. The first-order valence-electron chi connectivity index (χ1n) is 6.46. The molecular formula is C14H15N3O3. The van der Waals surface area contributed by atoms with Gasteiger partial charge in [-0.15, -0.1) is 5.10 Å². The molecule has 1 aliphatic rings. The summed E-state index contributed by atoms with van der Waals surface area (Å²) < 4.78 is 5.53. The van der Waals surface area contributed by atoms with Crippen LogP contribution < -0.4 is 4.74 Å². The SMILES string of the molecule is O=C=O.c1cc(C2CCCC2)ccc1Oc1cn[nH]n1. The van der Waals surface area contributed by atoms with E-state index < -0.39 is 0 Å². The number of ether oxygens (including phenoxy) is 1. The summed E-state index contributed by atoms with van der Waals surface area (Å²) in [4.78, 5) is 16.2. The molecule has 1 heterocycles. The van der Waals surface area contributed by atoms with Gasteiger partial charge in [-0.3, -0.25) is 0 Å². The summed E-state index contributed by atoms with van der Waals surface area (Å²) in [5.41, 5.74) is 1.43. The Morgan fingerprint density at radius 3 is 2.35 bits per heavy atom. The molecule has 0 saturated heterocycles. The van der Waals surface area contributed by atoms with E-state index in [4.69, 9.17) is 14.3 Å². The second-order valence-electron chi connectivity index (χ2n) is 4.54. The molecule has 104 valence electrons. The molecule has 0 amide bonds. The molecule has 0 unspecified atom stereocenters. The lowest BCUT2D eigenvalue weighted by atomic mass is 9.98. The second kappa shape index (κ2) is 7.21. The number of nitrogens with zero attached hydrogens (tertiary/aromatic N) is 2. The minimum absolute atomic E-state index is 0.250. The smallest absolute Gasteiger partial charge is 0.373 e. The van der Waals surface area contributed by atoms with Gasteiger partial charge in [-0.1, -0.05) is 25.0 Å². The van der Waals surface area contributed by atoms with Gasteiger partial charge >= 0.3 is 6.15 Å². The monoisotopic (exact) mass is 273 g/mol. The van der Waals surface area contributed by atoms with Crippen LogP contribution in [0.4, 0.5) is 0 Å². The fourth-order valence-electron chi connectivity index (χ4n) is 2.43. The van der Waals surface area contributed by atoms with E-state index in [0.717, 1.165) is 11.7 Å². The Balaban J connectivity index is 0.000000452. The van der Waals surface area contributed by atoms with Crippen molar-refractivity contribution in [3.05, 3.63) is 36.0 Å². The lowest BCUT2D eigenvalue weighted by Crippen LogP contribution is -1.92. The first-order valence-corrected chi connectivity index (χ1v) is 6.46. The number of rotatable bonds is 3. The van der Waals surface area contributed by atoms with Crippen molar-refractivity contribution in [3.8, 4) is 11.6 Å². The van der Waals surface area contributed by atoms with Crippen LogP contribution >= 0.6 is 0 Å². The summed E-state index contributed by atoms with van der Waals surface area (Å²) in [6, 6.07) is 8.32. The van der Waals surface area contributed by atoms with E-state index >= 15 is 0 Å². The Kier molecular flexibility index (Phi) is 5.03. The number of nitrogens with one attached hydrogen (secondary N) is 1. The van der Waals surface area contributed by atoms with Crippen LogP contribution in [0, 0.1) is 0 Å². The van der Waals surface area contributed by atoms with Gasteiger partial charge in [0, 0.05) is 0 Å². The van der Waals surface area contributed by atoms with Crippen LogP contribution in [0.3, 0.4) is 0 Å². The van der Waals surface area contributed by atoms with Crippen molar-refractivity contribution in [1.82, 2.24) is 15.4 Å². The van der Waals surface area contributed by atoms with E-state index in [2.05, 4.69) is 27.5 Å². The molecule has 1 aromatic carbocycles. The largest absolute Gasteiger partial charge is 0.436 e. The predicted molar refractivity (Wildman–Crippen MR) is 69.1 cm³/mol. The molecular weight excluding hydrogens is 258 g/mol. The van der Waals surface area contributed by atoms with Gasteiger partial charge in [0.25, 0.3) is 5.88 Å². The minimum Gasteiger partial charge on any atom is -0.436 e. The van der Waals surface area contributed by atoms with Gasteiger partial charge in [0.05, 0.1) is 0 Å². The highest BCUT2D eigenvalue weighted by atomic mass is 16.5. The van der Waals surface area contributed by atoms with Crippen molar-refractivity contribution in [1.29, 1.82) is 0 Å². The average Bonchev–Trinajstić information content (AvgIpc) is 3.13. The minimum atomic E-state index is 0.250. The molecule has 6 nitrogen and oxygen atoms in total. The normalized spacial score (nSPS) is 14.2. The first-order chi connectivity index (χ1) is 9.83. The van der Waals surface area contributed by atoms with Crippen LogP contribution in [-0.2, 0) is 9.59 Å². The number of aromatic nitrogens is 3. The van der Waals surface area contributed by atoms with E-state index in [1.807, 2.05) is 12.1 Å². The van der Waals surface area contributed by atoms with Crippen LogP contribution in [0.2, 0.25) is 0 Å². The molecule has 3 rings (SSSR count). The Labute approximate surface area is 116 Å². The van der Waals surface area contributed by atoms with Gasteiger partial charge in [0.1, 0.15) is 11.9 Å². The summed E-state index contributed by atoms with van der Waals surface area (Å²) in [6.07, 6.45) is 7.18. The predicted octanol–water partition coefficient (Wildman–Crippen LogP) is 2.67. The zero-order chi connectivity index (χ0) is 14.2. The number of hydrogen-bond donors (Lipinski definition) is 1. The van der Waals surface area contributed by atoms with Crippen LogP contribution in [-0.4, -0.2) is 21.6 Å². The summed E-state index contributed by atoms with van der Waals surface area (Å²) in [5.74, 6) is 2.05. The van der Waals surface area contributed by atoms with E-state index in [0.29, 0.717) is 5.88 Å². The van der Waals surface area contributed by atoms with Gasteiger partial charge in [-0.2, -0.15) is 19.9 Å². The fourth-order valence-corrected chi connectivity index (χ4v) is 2.43. The lowest BCUT2D eigenvalue weighted by molar-refractivity contribution is -0.191. The highest BCUT2D eigenvalue weighted by Gasteiger charge is 2.16. The molecule has 1 aliphatic carbocycles. The molecule has 1 aromatic heterocycles. The van der Waals surface area contributed by atoms with Crippen LogP contribution in [0.25, 0.3) is 0 Å². The number of hydrogen-bond acceptors (Lipinski definition) is 5. The van der Waals surface area contributed by atoms with Crippen molar-refractivity contribution < 1.29 is 14.3 Å². The van der Waals surface area contributed by atoms with E-state index in [1.165, 1.54) is 31.2 Å². The molecule has 0 atom stereocenters. The molecule has 0 bridgehead atoms. The van der Waals surface area contributed by atoms with Gasteiger partial charge < -0.3 is 4.74 Å². The standard InChI is InChI=1S/C13H15N3O.CO2/c1-2-4-10(3-1)11-5-7-12(8-6-11)17-13-9-14-16-15-13;2-1-3/h5-10H,1-4H2,(H,14,15,16);. The van der Waals surface area contributed by atoms with Crippen LogP contribution in [0.5, 0.6) is 11.6 Å². The Morgan fingerprint density at radius 2 is 1.80 bits per heavy atom. The van der Waals surface area contributed by atoms with Crippen molar-refractivity contribution in [2.75, 3.05) is 0 Å². The maximum absolute atomic E-state index is 8.12. The van der Waals surface area contributed by atoms with Crippen molar-refractivity contribution >= 4 is 6.15 Å². The summed E-state index contributed by atoms with van der Waals surface area (Å²) in [6.45, 7) is 0. The Morgan fingerprint density at radius 1 is 1.15 bits per heavy atom. The summed E-state index contributed by atoms with van der Waals surface area (Å²) in [7, 11) is 0. The third kappa shape index (κ3) is 3.76. The summed E-state index contributed by atoms with van der Waals surface area (Å²) in [5, 5.41) is 10.1. The van der Waals surface area contributed by atoms with Gasteiger partial charge in [-0.05, 0) is 36.5 Å². The fraction of sp³-hybridized carbons (Fsp3) is 0.357. The summed E-state index contributed by atoms with van der Waals surface area (Å²) >= 11 is 0. The molecule has 0 spiro atoms. The third-order valence-electron chi connectivity index (χ3n) is 3.32. The molecule has 1 saturated carbocycles. The van der Waals surface area contributed by atoms with Crippen LogP contribution in [0.1, 0.15) is 37.2 Å². The molecule has 20 heavy (non-hydrogen) atoms. The number of carbonyl (C=O) groups excluding carboxylic acids is 2. The van der Waals surface area contributed by atoms with Gasteiger partial charge in [-0.25, -0.2) is 0 Å². The maximum Gasteiger partial charge on any atom is 0.373 e.